The zero-order valence-electron chi connectivity index (χ0n) is 57.1. The average molecular weight is 1470 g/mol. The van der Waals surface area contributed by atoms with E-state index in [-0.39, 0.29) is 35.8 Å². The number of rotatable bonds is 31. The Morgan fingerprint density at radius 3 is 0.740 bits per heavy atom. The van der Waals surface area contributed by atoms with Crippen LogP contribution in [0.25, 0.3) is 0 Å². The van der Waals surface area contributed by atoms with Gasteiger partial charge in [0.2, 0.25) is 0 Å². The molecule has 4 rings (SSSR count). The summed E-state index contributed by atoms with van der Waals surface area (Å²) in [6, 6.07) is 0. The zero-order chi connectivity index (χ0) is 74.8. The summed E-state index contributed by atoms with van der Waals surface area (Å²) < 4.78 is 115. The smallest absolute Gasteiger partial charge is 0.303 e. The number of carbonyl (C=O) groups is 14. The van der Waals surface area contributed by atoms with Gasteiger partial charge in [-0.1, -0.05) is 46.7 Å². The molecule has 0 aromatic heterocycles. The van der Waals surface area contributed by atoms with Gasteiger partial charge in [0, 0.05) is 96.9 Å². The van der Waals surface area contributed by atoms with Crippen LogP contribution in [-0.2, 0) is 162 Å². The van der Waals surface area contributed by atoms with E-state index in [4.69, 9.17) is 94.7 Å². The first-order chi connectivity index (χ1) is 47.0. The molecule has 38 nitrogen and oxygen atoms in total. The minimum atomic E-state index is -1.94. The summed E-state index contributed by atoms with van der Waals surface area (Å²) in [5.41, 5.74) is -2.95. The van der Waals surface area contributed by atoms with Crippen LogP contribution >= 0.6 is 23.5 Å². The van der Waals surface area contributed by atoms with E-state index in [1.807, 2.05) is 0 Å². The van der Waals surface area contributed by atoms with E-state index < -0.39 is 231 Å². The van der Waals surface area contributed by atoms with Crippen LogP contribution in [0.5, 0.6) is 0 Å². The first kappa shape index (κ1) is 84.4. The van der Waals surface area contributed by atoms with Crippen LogP contribution < -0.4 is 0 Å². The van der Waals surface area contributed by atoms with Gasteiger partial charge in [0.05, 0.1) is 0 Å². The molecule has 4 aliphatic heterocycles. The maximum absolute atomic E-state index is 13.0. The number of oxime groups is 2. The lowest BCUT2D eigenvalue weighted by atomic mass is 9.96. The van der Waals surface area contributed by atoms with Crippen LogP contribution in [0.4, 0.5) is 0 Å². The number of ether oxygens (including phenoxy) is 20. The third-order valence-electron chi connectivity index (χ3n) is 14.0. The van der Waals surface area contributed by atoms with Crippen molar-refractivity contribution in [3.63, 3.8) is 0 Å². The normalized spacial score (nSPS) is 29.7. The molecule has 0 spiro atoms. The predicted octanol–water partition coefficient (Wildman–Crippen LogP) is 1.61. The summed E-state index contributed by atoms with van der Waals surface area (Å²) in [7, 11) is 0. The predicted molar refractivity (Wildman–Crippen MR) is 328 cm³/mol. The van der Waals surface area contributed by atoms with Crippen molar-refractivity contribution in [2.24, 2.45) is 10.3 Å². The Morgan fingerprint density at radius 2 is 0.500 bits per heavy atom. The highest BCUT2D eigenvalue weighted by molar-refractivity contribution is 8.14. The molecule has 0 amide bonds. The van der Waals surface area contributed by atoms with E-state index in [1.165, 1.54) is 0 Å². The van der Waals surface area contributed by atoms with Crippen LogP contribution in [0.3, 0.4) is 0 Å². The standard InChI is InChI=1S/C60H84N2O36S2/c1-25(63)79-21-39-45(83-29(5)67)49(85-31(7)69)53(89-35(11)73)57(93-39)97-47-41(23-81-27(3)65)95-59(55(91-37(13)75)51(47)87-33(9)71)99-43(61-77)19-17-15-16-18-20-44(62-78)100-60-56(92-38(14)76)52(88-34(10)72)48(42(96-60)24-82-28(4)66)98-58-54(90-36(12)74)50(86-32(8)70)46(84-30(6)68)40(94-58)22-80-26(2)64/h39-42,45-60,77-78H,15-24H2,1-14H3/b61-43+,62-44+/t39-,40-,41-,42-,45+,46+,47-,48-,49+,50+,51+,52+,53-,54-,55-,56-,57+,58+,59+,60+/m1/s1. The minimum Gasteiger partial charge on any atom is -0.463 e. The van der Waals surface area contributed by atoms with Gasteiger partial charge >= 0.3 is 83.6 Å². The number of nitrogens with zero attached hydrogens (tertiary/aromatic N) is 2. The molecule has 0 radical (unpaired) electrons. The molecule has 0 saturated carbocycles. The fraction of sp³-hybridized carbons (Fsp3) is 0.733. The second-order valence-electron chi connectivity index (χ2n) is 22.5. The summed E-state index contributed by atoms with van der Waals surface area (Å²) in [6.07, 6.45) is -29.6. The molecule has 4 fully saturated rings. The minimum absolute atomic E-state index is 0.0109. The number of esters is 14. The Hall–Kier alpha value is -8.02. The van der Waals surface area contributed by atoms with E-state index in [9.17, 15) is 77.5 Å². The van der Waals surface area contributed by atoms with Crippen LogP contribution in [0, 0.1) is 0 Å². The van der Waals surface area contributed by atoms with Crippen molar-refractivity contribution in [2.75, 3.05) is 26.4 Å². The van der Waals surface area contributed by atoms with Crippen LogP contribution in [0.2, 0.25) is 0 Å². The lowest BCUT2D eigenvalue weighted by molar-refractivity contribution is -0.341. The third kappa shape index (κ3) is 27.5. The van der Waals surface area contributed by atoms with Crippen LogP contribution in [0.15, 0.2) is 10.3 Å². The largest absolute Gasteiger partial charge is 0.463 e. The first-order valence-corrected chi connectivity index (χ1v) is 32.7. The van der Waals surface area contributed by atoms with Gasteiger partial charge in [-0.15, -0.1) is 0 Å². The molecule has 0 aromatic rings. The van der Waals surface area contributed by atoms with Crippen molar-refractivity contribution in [3.05, 3.63) is 0 Å². The summed E-state index contributed by atoms with van der Waals surface area (Å²) in [5.74, 6) is -13.1. The van der Waals surface area contributed by atoms with Gasteiger partial charge < -0.3 is 105 Å². The van der Waals surface area contributed by atoms with Gasteiger partial charge in [-0.25, -0.2) is 0 Å². The molecule has 100 heavy (non-hydrogen) atoms. The Morgan fingerprint density at radius 1 is 0.280 bits per heavy atom. The van der Waals surface area contributed by atoms with Crippen molar-refractivity contribution >= 4 is 117 Å². The molecule has 4 heterocycles. The second kappa shape index (κ2) is 41.0. The monoisotopic (exact) mass is 1470 g/mol. The van der Waals surface area contributed by atoms with Crippen molar-refractivity contribution < 1.29 is 172 Å². The number of hydrogen-bond acceptors (Lipinski definition) is 40. The third-order valence-corrected chi connectivity index (χ3v) is 16.4. The van der Waals surface area contributed by atoms with E-state index in [0.717, 1.165) is 96.9 Å². The molecular weight excluding hydrogens is 1390 g/mol. The van der Waals surface area contributed by atoms with Crippen molar-refractivity contribution in [3.8, 4) is 0 Å². The van der Waals surface area contributed by atoms with E-state index in [0.29, 0.717) is 36.4 Å². The lowest BCUT2D eigenvalue weighted by Gasteiger charge is -2.48. The maximum atomic E-state index is 13.0. The summed E-state index contributed by atoms with van der Waals surface area (Å²) >= 11 is 1.39. The fourth-order valence-electron chi connectivity index (χ4n) is 10.6. The molecule has 562 valence electrons. The summed E-state index contributed by atoms with van der Waals surface area (Å²) in [4.78, 5) is 176. The van der Waals surface area contributed by atoms with Gasteiger partial charge in [0.15, 0.2) is 73.6 Å². The molecule has 0 aliphatic carbocycles. The topological polar surface area (TPSA) is 489 Å². The van der Waals surface area contributed by atoms with Gasteiger partial charge in [0.1, 0.15) is 84.0 Å². The zero-order valence-corrected chi connectivity index (χ0v) is 58.7. The summed E-state index contributed by atoms with van der Waals surface area (Å²) in [5, 5.41) is 27.6. The van der Waals surface area contributed by atoms with Crippen LogP contribution in [-0.4, -0.2) is 252 Å². The Balaban J connectivity index is 1.61. The van der Waals surface area contributed by atoms with Crippen molar-refractivity contribution in [2.45, 2.75) is 257 Å². The number of unbranched alkanes of at least 4 members (excludes halogenated alkanes) is 3. The highest BCUT2D eigenvalue weighted by Crippen LogP contribution is 2.41. The van der Waals surface area contributed by atoms with Gasteiger partial charge in [-0.2, -0.15) is 0 Å². The number of hydrogen-bond donors (Lipinski definition) is 2. The highest BCUT2D eigenvalue weighted by Gasteiger charge is 2.60. The molecule has 0 bridgehead atoms. The van der Waals surface area contributed by atoms with E-state index in [1.54, 1.807) is 0 Å². The average Bonchev–Trinajstić information content (AvgIpc) is 0.774. The van der Waals surface area contributed by atoms with Crippen LogP contribution in [0.1, 0.15) is 135 Å². The second-order valence-corrected chi connectivity index (χ2v) is 24.8. The van der Waals surface area contributed by atoms with Gasteiger partial charge in [0.25, 0.3) is 0 Å². The Bertz CT molecular complexity index is 2770. The van der Waals surface area contributed by atoms with Gasteiger partial charge in [-0.05, 0) is 25.7 Å². The number of thioether (sulfide) groups is 2. The SMILES string of the molecule is CC(=O)OC[C@H]1O[C@@H](O[C@H]2[C@H](OC(C)=O)[C@@H](OC(C)=O)[C@H](S/C(CCCCCC/C(=N\O)S[C@@H]3O[C@H](COC(C)=O)[C@@H](O[C@@H]4O[C@H](COC(C)=O)[C@H](OC(C)=O)[C@H](OC(C)=O)[C@H]4OC(C)=O)[C@H](OC(C)=O)[C@H]3OC(C)=O)=N/O)O[C@@H]2COC(C)=O)[C@H](OC(C)=O)[C@@H](OC(C)=O)[C@H]1OC(C)=O. The molecule has 0 unspecified atom stereocenters. The van der Waals surface area contributed by atoms with Crippen molar-refractivity contribution in [1.82, 2.24) is 0 Å². The quantitative estimate of drug-likeness (QED) is 0.0189. The highest BCUT2D eigenvalue weighted by atomic mass is 32.2. The molecule has 4 saturated heterocycles. The molecule has 4 aliphatic rings. The van der Waals surface area contributed by atoms with Gasteiger partial charge in [-0.3, -0.25) is 67.1 Å². The number of carbonyl (C=O) groups excluding carboxylic acids is 14. The molecule has 2 N–H and O–H groups in total. The fourth-order valence-corrected chi connectivity index (χ4v) is 12.8. The molecular formula is C60H84N2O36S2. The van der Waals surface area contributed by atoms with Crippen molar-refractivity contribution in [1.29, 1.82) is 0 Å². The molecule has 0 aromatic carbocycles. The Kier molecular flexibility index (Phi) is 34.6. The molecule has 20 atom stereocenters. The van der Waals surface area contributed by atoms with E-state index in [2.05, 4.69) is 10.3 Å². The summed E-state index contributed by atoms with van der Waals surface area (Å²) in [6.45, 7) is 11.4. The maximum Gasteiger partial charge on any atom is 0.303 e. The first-order valence-electron chi connectivity index (χ1n) is 31.0. The lowest BCUT2D eigenvalue weighted by Crippen LogP contribution is -2.66. The Labute approximate surface area is 580 Å². The van der Waals surface area contributed by atoms with E-state index >= 15 is 0 Å². The molecule has 40 heteroatoms.